The molecular formula is C15H8ClF2NO3. The van der Waals surface area contributed by atoms with Gasteiger partial charge in [0, 0.05) is 12.3 Å². The van der Waals surface area contributed by atoms with E-state index in [0.717, 1.165) is 19.2 Å². The van der Waals surface area contributed by atoms with Crippen molar-refractivity contribution in [3.63, 3.8) is 0 Å². The van der Waals surface area contributed by atoms with Gasteiger partial charge in [-0.15, -0.1) is 0 Å². The maximum absolute atomic E-state index is 14.2. The number of carbonyl (C=O) groups excluding carboxylic acids is 1. The fourth-order valence-electron chi connectivity index (χ4n) is 2.07. The molecule has 0 saturated heterocycles. The highest BCUT2D eigenvalue weighted by Gasteiger charge is 2.20. The number of nitrogens with zero attached hydrogens (tertiary/aromatic N) is 1. The Morgan fingerprint density at radius 3 is 2.55 bits per heavy atom. The molecule has 0 N–H and O–H groups in total. The van der Waals surface area contributed by atoms with Crippen LogP contribution in [0.4, 0.5) is 8.78 Å². The topological polar surface area (TPSA) is 52.3 Å². The van der Waals surface area contributed by atoms with Gasteiger partial charge >= 0.3 is 5.97 Å². The van der Waals surface area contributed by atoms with Crippen LogP contribution in [0, 0.1) is 11.6 Å². The molecule has 0 atom stereocenters. The lowest BCUT2D eigenvalue weighted by atomic mass is 10.1. The monoisotopic (exact) mass is 323 g/mol. The molecule has 22 heavy (non-hydrogen) atoms. The summed E-state index contributed by atoms with van der Waals surface area (Å²) in [7, 11) is 1.12. The number of halogens is 3. The number of hydrogen-bond donors (Lipinski definition) is 0. The van der Waals surface area contributed by atoms with Gasteiger partial charge in [-0.1, -0.05) is 11.6 Å². The molecule has 0 aliphatic rings. The summed E-state index contributed by atoms with van der Waals surface area (Å²) in [5, 5.41) is 0.281. The van der Waals surface area contributed by atoms with E-state index >= 15 is 0 Å². The summed E-state index contributed by atoms with van der Waals surface area (Å²) < 4.78 is 38.1. The van der Waals surface area contributed by atoms with E-state index in [0.29, 0.717) is 5.52 Å². The maximum Gasteiger partial charge on any atom is 0.338 e. The van der Waals surface area contributed by atoms with E-state index in [1.807, 2.05) is 0 Å². The first-order chi connectivity index (χ1) is 10.5. The molecule has 3 rings (SSSR count). The second-order valence-electron chi connectivity index (χ2n) is 4.42. The van der Waals surface area contributed by atoms with Crippen molar-refractivity contribution in [2.24, 2.45) is 0 Å². The fourth-order valence-corrected chi connectivity index (χ4v) is 2.27. The van der Waals surface area contributed by atoms with E-state index in [9.17, 15) is 13.6 Å². The number of fused-ring (bicyclic) bond motifs is 1. The van der Waals surface area contributed by atoms with Crippen molar-refractivity contribution in [2.45, 2.75) is 0 Å². The van der Waals surface area contributed by atoms with Crippen LogP contribution in [0.5, 0.6) is 0 Å². The molecule has 4 nitrogen and oxygen atoms in total. The van der Waals surface area contributed by atoms with Crippen LogP contribution >= 0.6 is 11.6 Å². The fraction of sp³-hybridized carbons (Fsp3) is 0.0667. The van der Waals surface area contributed by atoms with Gasteiger partial charge in [-0.3, -0.25) is 4.98 Å². The minimum atomic E-state index is -0.949. The predicted octanol–water partition coefficient (Wildman–Crippen LogP) is 4.21. The van der Waals surface area contributed by atoms with Crippen LogP contribution in [0.2, 0.25) is 5.02 Å². The second-order valence-corrected chi connectivity index (χ2v) is 4.83. The van der Waals surface area contributed by atoms with Crippen LogP contribution in [-0.2, 0) is 4.74 Å². The average Bonchev–Trinajstić information content (AvgIpc) is 2.90. The van der Waals surface area contributed by atoms with Crippen molar-refractivity contribution in [3.05, 3.63) is 52.7 Å². The van der Waals surface area contributed by atoms with Crippen LogP contribution in [0.25, 0.3) is 22.4 Å². The minimum absolute atomic E-state index is 0.0676. The molecule has 0 bridgehead atoms. The van der Waals surface area contributed by atoms with Crippen LogP contribution in [0.1, 0.15) is 10.4 Å². The van der Waals surface area contributed by atoms with E-state index in [-0.39, 0.29) is 21.9 Å². The average molecular weight is 324 g/mol. The van der Waals surface area contributed by atoms with E-state index in [1.54, 1.807) is 0 Å². The Morgan fingerprint density at radius 1 is 1.27 bits per heavy atom. The number of benzene rings is 1. The summed E-state index contributed by atoms with van der Waals surface area (Å²) in [6, 6.07) is 4.64. The van der Waals surface area contributed by atoms with Gasteiger partial charge in [0.1, 0.15) is 22.9 Å². The number of esters is 1. The number of pyridine rings is 1. The molecule has 0 aliphatic heterocycles. The largest absolute Gasteiger partial charge is 0.465 e. The molecule has 1 aromatic carbocycles. The predicted molar refractivity (Wildman–Crippen MR) is 75.7 cm³/mol. The van der Waals surface area contributed by atoms with Crippen LogP contribution in [-0.4, -0.2) is 18.1 Å². The molecule has 0 aliphatic carbocycles. The molecule has 2 heterocycles. The standard InChI is InChI=1S/C15H8ClF2NO3/c1-21-15(20)7-4-9(17)13(10(18)5-7)12-6-11-14(22-12)8(16)2-3-19-11/h2-6H,1H3. The third-order valence-corrected chi connectivity index (χ3v) is 3.37. The summed E-state index contributed by atoms with van der Waals surface area (Å²) >= 11 is 5.94. The summed E-state index contributed by atoms with van der Waals surface area (Å²) in [5.41, 5.74) is -0.0245. The van der Waals surface area contributed by atoms with Gasteiger partial charge in [-0.05, 0) is 18.2 Å². The Kier molecular flexibility index (Phi) is 3.54. The van der Waals surface area contributed by atoms with Gasteiger partial charge < -0.3 is 9.15 Å². The van der Waals surface area contributed by atoms with Crippen LogP contribution < -0.4 is 0 Å². The molecule has 7 heteroatoms. The smallest absolute Gasteiger partial charge is 0.338 e. The third-order valence-electron chi connectivity index (χ3n) is 3.07. The molecule has 112 valence electrons. The number of ether oxygens (including phenoxy) is 1. The maximum atomic E-state index is 14.2. The molecule has 2 aromatic heterocycles. The molecule has 0 radical (unpaired) electrons. The number of methoxy groups -OCH3 is 1. The Morgan fingerprint density at radius 2 is 1.95 bits per heavy atom. The van der Waals surface area contributed by atoms with E-state index < -0.39 is 23.2 Å². The first kappa shape index (κ1) is 14.5. The van der Waals surface area contributed by atoms with Crippen molar-refractivity contribution in [1.29, 1.82) is 0 Å². The highest BCUT2D eigenvalue weighted by Crippen LogP contribution is 2.34. The quantitative estimate of drug-likeness (QED) is 0.663. The van der Waals surface area contributed by atoms with Crippen molar-refractivity contribution in [3.8, 4) is 11.3 Å². The van der Waals surface area contributed by atoms with E-state index in [1.165, 1.54) is 18.3 Å². The molecule has 0 fully saturated rings. The number of aromatic nitrogens is 1. The number of furan rings is 1. The molecule has 0 unspecified atom stereocenters. The number of rotatable bonds is 2. The molecule has 0 spiro atoms. The highest BCUT2D eigenvalue weighted by atomic mass is 35.5. The zero-order chi connectivity index (χ0) is 15.9. The van der Waals surface area contributed by atoms with Gasteiger partial charge in [-0.2, -0.15) is 0 Å². The zero-order valence-electron chi connectivity index (χ0n) is 11.2. The Labute approximate surface area is 128 Å². The Balaban J connectivity index is 2.18. The SMILES string of the molecule is COC(=O)c1cc(F)c(-c2cc3nccc(Cl)c3o2)c(F)c1. The molecule has 3 aromatic rings. The molecule has 0 amide bonds. The lowest BCUT2D eigenvalue weighted by Gasteiger charge is -2.05. The summed E-state index contributed by atoms with van der Waals surface area (Å²) in [6.45, 7) is 0. The first-order valence-electron chi connectivity index (χ1n) is 6.13. The Bertz CT molecular complexity index is 869. The number of carbonyl (C=O) groups is 1. The van der Waals surface area contributed by atoms with E-state index in [2.05, 4.69) is 9.72 Å². The summed E-state index contributed by atoms with van der Waals surface area (Å²) in [5.74, 6) is -2.80. The van der Waals surface area contributed by atoms with Gasteiger partial charge in [0.15, 0.2) is 5.58 Å². The minimum Gasteiger partial charge on any atom is -0.465 e. The highest BCUT2D eigenvalue weighted by molar-refractivity contribution is 6.34. The normalized spacial score (nSPS) is 10.9. The van der Waals surface area contributed by atoms with Crippen LogP contribution in [0.3, 0.4) is 0 Å². The van der Waals surface area contributed by atoms with Gasteiger partial charge in [0.25, 0.3) is 0 Å². The first-order valence-corrected chi connectivity index (χ1v) is 6.51. The number of hydrogen-bond acceptors (Lipinski definition) is 4. The lowest BCUT2D eigenvalue weighted by molar-refractivity contribution is 0.0599. The summed E-state index contributed by atoms with van der Waals surface area (Å²) in [4.78, 5) is 15.4. The van der Waals surface area contributed by atoms with Gasteiger partial charge in [0.05, 0.1) is 23.3 Å². The molecule has 0 saturated carbocycles. The van der Waals surface area contributed by atoms with Gasteiger partial charge in [-0.25, -0.2) is 13.6 Å². The Hall–Kier alpha value is -2.47. The van der Waals surface area contributed by atoms with Crippen molar-refractivity contribution in [1.82, 2.24) is 4.98 Å². The van der Waals surface area contributed by atoms with Gasteiger partial charge in [0.2, 0.25) is 0 Å². The van der Waals surface area contributed by atoms with Crippen molar-refractivity contribution in [2.75, 3.05) is 7.11 Å². The van der Waals surface area contributed by atoms with Crippen molar-refractivity contribution < 1.29 is 22.7 Å². The molecular weight excluding hydrogens is 316 g/mol. The third kappa shape index (κ3) is 2.31. The lowest BCUT2D eigenvalue weighted by Crippen LogP contribution is -2.03. The summed E-state index contributed by atoms with van der Waals surface area (Å²) in [6.07, 6.45) is 1.46. The van der Waals surface area contributed by atoms with Crippen LogP contribution in [0.15, 0.2) is 34.9 Å². The second kappa shape index (κ2) is 5.38. The van der Waals surface area contributed by atoms with Crippen molar-refractivity contribution >= 4 is 28.7 Å². The van der Waals surface area contributed by atoms with E-state index in [4.69, 9.17) is 16.0 Å². The zero-order valence-corrected chi connectivity index (χ0v) is 11.9.